The minimum absolute atomic E-state index is 0.335. The van der Waals surface area contributed by atoms with Crippen LogP contribution in [0.25, 0.3) is 0 Å². The average molecular weight is 339 g/mol. The highest BCUT2D eigenvalue weighted by Crippen LogP contribution is 2.26. The first-order chi connectivity index (χ1) is 11.9. The Balaban J connectivity index is 2.03. The Hall–Kier alpha value is -2.62. The highest BCUT2D eigenvalue weighted by Gasteiger charge is 2.20. The highest BCUT2D eigenvalue weighted by atomic mass is 16.5. The Kier molecular flexibility index (Phi) is 6.34. The Bertz CT molecular complexity index is 737. The van der Waals surface area contributed by atoms with Gasteiger partial charge in [0.1, 0.15) is 0 Å². The third-order valence-electron chi connectivity index (χ3n) is 4.30. The number of para-hydroxylation sites is 1. The van der Waals surface area contributed by atoms with Crippen LogP contribution in [-0.2, 0) is 9.53 Å². The van der Waals surface area contributed by atoms with Crippen LogP contribution in [0.4, 0.5) is 5.69 Å². The summed E-state index contributed by atoms with van der Waals surface area (Å²) in [5.41, 5.74) is 3.34. The van der Waals surface area contributed by atoms with Gasteiger partial charge < -0.3 is 10.1 Å². The van der Waals surface area contributed by atoms with Crippen molar-refractivity contribution in [1.82, 2.24) is 0 Å². The summed E-state index contributed by atoms with van der Waals surface area (Å²) >= 11 is 0. The van der Waals surface area contributed by atoms with Crippen LogP contribution in [0.3, 0.4) is 0 Å². The number of carbonyl (C=O) groups excluding carboxylic acids is 2. The van der Waals surface area contributed by atoms with Gasteiger partial charge in [-0.25, -0.2) is 4.79 Å². The predicted molar refractivity (Wildman–Crippen MR) is 99.8 cm³/mol. The molecule has 2 aromatic carbocycles. The van der Waals surface area contributed by atoms with Crippen molar-refractivity contribution in [3.05, 3.63) is 65.2 Å². The van der Waals surface area contributed by atoms with E-state index < -0.39 is 12.1 Å². The van der Waals surface area contributed by atoms with E-state index in [4.69, 9.17) is 4.74 Å². The van der Waals surface area contributed by atoms with Crippen molar-refractivity contribution in [3.8, 4) is 0 Å². The fourth-order valence-corrected chi connectivity index (χ4v) is 2.47. The quantitative estimate of drug-likeness (QED) is 0.777. The summed E-state index contributed by atoms with van der Waals surface area (Å²) in [5.74, 6) is -0.504. The Morgan fingerprint density at radius 3 is 2.32 bits per heavy atom. The second kappa shape index (κ2) is 8.47. The van der Waals surface area contributed by atoms with Gasteiger partial charge in [-0.2, -0.15) is 0 Å². The standard InChI is InChI=1S/C21H25NO3/c1-5-15(3)18-8-6-7-9-19(18)22-20(23)16(4)25-21(24)17-12-10-14(2)11-13-17/h6-13,15-16H,5H2,1-4H3,(H,22,23)/t15-,16+/m0/s1. The van der Waals surface area contributed by atoms with Gasteiger partial charge in [-0.05, 0) is 49.9 Å². The third-order valence-corrected chi connectivity index (χ3v) is 4.30. The number of hydrogen-bond acceptors (Lipinski definition) is 3. The maximum absolute atomic E-state index is 12.4. The zero-order valence-electron chi connectivity index (χ0n) is 15.2. The third kappa shape index (κ3) is 4.92. The summed E-state index contributed by atoms with van der Waals surface area (Å²) in [7, 11) is 0. The molecule has 0 unspecified atom stereocenters. The molecule has 2 rings (SSSR count). The fourth-order valence-electron chi connectivity index (χ4n) is 2.47. The molecular formula is C21H25NO3. The first kappa shape index (κ1) is 18.7. The van der Waals surface area contributed by atoms with E-state index in [1.54, 1.807) is 19.1 Å². The fraction of sp³-hybridized carbons (Fsp3) is 0.333. The molecule has 0 bridgehead atoms. The molecule has 2 aromatic rings. The molecule has 0 aromatic heterocycles. The van der Waals surface area contributed by atoms with Gasteiger partial charge in [0, 0.05) is 5.69 Å². The van der Waals surface area contributed by atoms with Crippen molar-refractivity contribution in [2.24, 2.45) is 0 Å². The summed E-state index contributed by atoms with van der Waals surface area (Å²) in [6.07, 6.45) is 0.101. The summed E-state index contributed by atoms with van der Waals surface area (Å²) < 4.78 is 5.29. The smallest absolute Gasteiger partial charge is 0.338 e. The Morgan fingerprint density at radius 1 is 1.04 bits per heavy atom. The molecule has 25 heavy (non-hydrogen) atoms. The molecule has 0 heterocycles. The highest BCUT2D eigenvalue weighted by molar-refractivity contribution is 5.97. The number of ether oxygens (including phenoxy) is 1. The van der Waals surface area contributed by atoms with Gasteiger partial charge in [-0.3, -0.25) is 4.79 Å². The topological polar surface area (TPSA) is 55.4 Å². The molecule has 0 aliphatic carbocycles. The second-order valence-electron chi connectivity index (χ2n) is 6.30. The van der Waals surface area contributed by atoms with E-state index in [-0.39, 0.29) is 5.91 Å². The van der Waals surface area contributed by atoms with Gasteiger partial charge in [0.15, 0.2) is 6.10 Å². The first-order valence-electron chi connectivity index (χ1n) is 8.59. The van der Waals surface area contributed by atoms with Crippen molar-refractivity contribution >= 4 is 17.6 Å². The van der Waals surface area contributed by atoms with Crippen LogP contribution in [0.2, 0.25) is 0 Å². The molecule has 132 valence electrons. The van der Waals surface area contributed by atoms with Crippen molar-refractivity contribution < 1.29 is 14.3 Å². The number of aryl methyl sites for hydroxylation is 1. The molecule has 4 heteroatoms. The van der Waals surface area contributed by atoms with Crippen LogP contribution in [0.5, 0.6) is 0 Å². The SMILES string of the molecule is CC[C@H](C)c1ccccc1NC(=O)[C@@H](C)OC(=O)c1ccc(C)cc1. The van der Waals surface area contributed by atoms with Crippen molar-refractivity contribution in [3.63, 3.8) is 0 Å². The lowest BCUT2D eigenvalue weighted by Crippen LogP contribution is -2.30. The molecule has 1 N–H and O–H groups in total. The second-order valence-corrected chi connectivity index (χ2v) is 6.30. The summed E-state index contributed by atoms with van der Waals surface area (Å²) in [5, 5.41) is 2.88. The molecule has 1 amide bonds. The molecule has 0 spiro atoms. The lowest BCUT2D eigenvalue weighted by Gasteiger charge is -2.18. The maximum Gasteiger partial charge on any atom is 0.338 e. The number of rotatable bonds is 6. The maximum atomic E-state index is 12.4. The van der Waals surface area contributed by atoms with Gasteiger partial charge in [0.2, 0.25) is 0 Å². The van der Waals surface area contributed by atoms with E-state index in [0.717, 1.165) is 23.2 Å². The molecule has 0 aliphatic heterocycles. The first-order valence-corrected chi connectivity index (χ1v) is 8.59. The van der Waals surface area contributed by atoms with Crippen molar-refractivity contribution in [2.75, 3.05) is 5.32 Å². The van der Waals surface area contributed by atoms with Gasteiger partial charge in [0.05, 0.1) is 5.56 Å². The van der Waals surface area contributed by atoms with E-state index in [1.165, 1.54) is 0 Å². The van der Waals surface area contributed by atoms with E-state index in [0.29, 0.717) is 11.5 Å². The van der Waals surface area contributed by atoms with Gasteiger partial charge in [-0.1, -0.05) is 49.7 Å². The number of carbonyl (C=O) groups is 2. The molecule has 0 aliphatic rings. The number of benzene rings is 2. The molecular weight excluding hydrogens is 314 g/mol. The monoisotopic (exact) mass is 339 g/mol. The average Bonchev–Trinajstić information content (AvgIpc) is 2.61. The van der Waals surface area contributed by atoms with Crippen LogP contribution in [0.15, 0.2) is 48.5 Å². The summed E-state index contributed by atoms with van der Waals surface area (Å²) in [4.78, 5) is 24.6. The molecule has 0 saturated heterocycles. The van der Waals surface area contributed by atoms with Gasteiger partial charge >= 0.3 is 5.97 Å². The zero-order chi connectivity index (χ0) is 18.4. The number of esters is 1. The number of hydrogen-bond donors (Lipinski definition) is 1. The van der Waals surface area contributed by atoms with E-state index in [2.05, 4.69) is 19.2 Å². The minimum atomic E-state index is -0.876. The predicted octanol–water partition coefficient (Wildman–Crippen LogP) is 4.69. The van der Waals surface area contributed by atoms with E-state index >= 15 is 0 Å². The van der Waals surface area contributed by atoms with E-state index in [1.807, 2.05) is 43.3 Å². The Labute approximate surface area is 149 Å². The van der Waals surface area contributed by atoms with E-state index in [9.17, 15) is 9.59 Å². The normalized spacial score (nSPS) is 13.0. The summed E-state index contributed by atoms with van der Waals surface area (Å²) in [6, 6.07) is 14.8. The summed E-state index contributed by atoms with van der Waals surface area (Å²) in [6.45, 7) is 7.74. The van der Waals surface area contributed by atoms with Crippen LogP contribution in [-0.4, -0.2) is 18.0 Å². The number of nitrogens with one attached hydrogen (secondary N) is 1. The zero-order valence-corrected chi connectivity index (χ0v) is 15.2. The number of amides is 1. The molecule has 0 fully saturated rings. The molecule has 4 nitrogen and oxygen atoms in total. The largest absolute Gasteiger partial charge is 0.449 e. The van der Waals surface area contributed by atoms with Gasteiger partial charge in [-0.15, -0.1) is 0 Å². The van der Waals surface area contributed by atoms with Crippen LogP contribution >= 0.6 is 0 Å². The van der Waals surface area contributed by atoms with Crippen LogP contribution < -0.4 is 5.32 Å². The minimum Gasteiger partial charge on any atom is -0.449 e. The lowest BCUT2D eigenvalue weighted by molar-refractivity contribution is -0.123. The van der Waals surface area contributed by atoms with Crippen LogP contribution in [0.1, 0.15) is 54.6 Å². The molecule has 0 saturated carbocycles. The lowest BCUT2D eigenvalue weighted by atomic mass is 9.97. The molecule has 0 radical (unpaired) electrons. The van der Waals surface area contributed by atoms with Crippen molar-refractivity contribution in [1.29, 1.82) is 0 Å². The van der Waals surface area contributed by atoms with Crippen LogP contribution in [0, 0.1) is 6.92 Å². The van der Waals surface area contributed by atoms with Crippen molar-refractivity contribution in [2.45, 2.75) is 46.1 Å². The Morgan fingerprint density at radius 2 is 1.68 bits per heavy atom. The van der Waals surface area contributed by atoms with Gasteiger partial charge in [0.25, 0.3) is 5.91 Å². The number of anilines is 1. The molecule has 2 atom stereocenters.